The average Bonchev–Trinajstić information content (AvgIpc) is 3.23. The van der Waals surface area contributed by atoms with Crippen LogP contribution in [-0.4, -0.2) is 43.2 Å². The molecule has 7 nitrogen and oxygen atoms in total. The monoisotopic (exact) mass is 428 g/mol. The van der Waals surface area contributed by atoms with Gasteiger partial charge in [-0.3, -0.25) is 9.69 Å². The molecule has 5 rings (SSSR count). The number of H-pyrrole nitrogens is 1. The van der Waals surface area contributed by atoms with Crippen LogP contribution in [0.4, 0.5) is 0 Å². The standard InChI is InChI=1S/C25H28N6O/c1-17-8-7-13-30(15-17)23(21-14-20-12-6-9-18(2)22(20)26-25(21)32)24-27-28-29-31(24)16-19-10-4-3-5-11-19/h3-6,9-12,14,17,23H,7-8,13,15-16H2,1-2H3,(H,26,32)/t17-,23+/m0/s1. The Kier molecular flexibility index (Phi) is 5.57. The van der Waals surface area contributed by atoms with Gasteiger partial charge in [0.2, 0.25) is 0 Å². The number of rotatable bonds is 5. The van der Waals surface area contributed by atoms with Crippen molar-refractivity contribution in [2.75, 3.05) is 13.1 Å². The number of aromatic amines is 1. The number of likely N-dealkylation sites (tertiary alicyclic amines) is 1. The quantitative estimate of drug-likeness (QED) is 0.524. The van der Waals surface area contributed by atoms with Gasteiger partial charge in [0.05, 0.1) is 12.1 Å². The molecule has 0 bridgehead atoms. The van der Waals surface area contributed by atoms with Gasteiger partial charge in [-0.2, -0.15) is 0 Å². The molecule has 0 radical (unpaired) electrons. The van der Waals surface area contributed by atoms with Crippen molar-refractivity contribution in [1.82, 2.24) is 30.1 Å². The van der Waals surface area contributed by atoms with E-state index in [1.54, 1.807) is 0 Å². The zero-order chi connectivity index (χ0) is 22.1. The first-order valence-electron chi connectivity index (χ1n) is 11.3. The fraction of sp³-hybridized carbons (Fsp3) is 0.360. The number of benzene rings is 2. The molecular formula is C25H28N6O. The van der Waals surface area contributed by atoms with Crippen molar-refractivity contribution in [3.8, 4) is 0 Å². The topological polar surface area (TPSA) is 79.7 Å². The Bertz CT molecular complexity index is 1280. The average molecular weight is 429 g/mol. The van der Waals surface area contributed by atoms with Gasteiger partial charge in [-0.05, 0) is 65.2 Å². The van der Waals surface area contributed by atoms with E-state index < -0.39 is 0 Å². The van der Waals surface area contributed by atoms with E-state index in [9.17, 15) is 4.79 Å². The van der Waals surface area contributed by atoms with Gasteiger partial charge >= 0.3 is 0 Å². The molecule has 0 saturated carbocycles. The summed E-state index contributed by atoms with van der Waals surface area (Å²) in [7, 11) is 0. The fourth-order valence-corrected chi connectivity index (χ4v) is 4.84. The van der Waals surface area contributed by atoms with Crippen molar-refractivity contribution in [2.45, 2.75) is 39.3 Å². The van der Waals surface area contributed by atoms with Crippen LogP contribution in [0.2, 0.25) is 0 Å². The Morgan fingerprint density at radius 2 is 2.00 bits per heavy atom. The maximum Gasteiger partial charge on any atom is 0.253 e. The lowest BCUT2D eigenvalue weighted by Gasteiger charge is -2.36. The Morgan fingerprint density at radius 1 is 1.16 bits per heavy atom. The van der Waals surface area contributed by atoms with Gasteiger partial charge in [-0.25, -0.2) is 4.68 Å². The van der Waals surface area contributed by atoms with Crippen LogP contribution in [0.5, 0.6) is 0 Å². The van der Waals surface area contributed by atoms with Gasteiger partial charge < -0.3 is 4.98 Å². The molecule has 2 aromatic heterocycles. The van der Waals surface area contributed by atoms with Gasteiger partial charge in [-0.15, -0.1) is 5.10 Å². The normalized spacial score (nSPS) is 18.1. The number of aryl methyl sites for hydroxylation is 1. The lowest BCUT2D eigenvalue weighted by atomic mass is 9.95. The zero-order valence-corrected chi connectivity index (χ0v) is 18.5. The third-order valence-corrected chi connectivity index (χ3v) is 6.44. The molecule has 1 N–H and O–H groups in total. The Morgan fingerprint density at radius 3 is 2.81 bits per heavy atom. The molecule has 1 aliphatic heterocycles. The van der Waals surface area contributed by atoms with Gasteiger partial charge in [0.15, 0.2) is 5.82 Å². The van der Waals surface area contributed by atoms with Crippen LogP contribution in [-0.2, 0) is 6.54 Å². The summed E-state index contributed by atoms with van der Waals surface area (Å²) in [5, 5.41) is 13.8. The van der Waals surface area contributed by atoms with Crippen LogP contribution in [0.15, 0.2) is 59.4 Å². The maximum absolute atomic E-state index is 13.4. The van der Waals surface area contributed by atoms with Crippen LogP contribution in [0, 0.1) is 12.8 Å². The van der Waals surface area contributed by atoms with Crippen LogP contribution in [0.3, 0.4) is 0 Å². The molecule has 164 valence electrons. The third-order valence-electron chi connectivity index (χ3n) is 6.44. The highest BCUT2D eigenvalue weighted by Gasteiger charge is 2.32. The molecule has 0 spiro atoms. The first kappa shape index (κ1) is 20.6. The van der Waals surface area contributed by atoms with E-state index in [1.807, 2.05) is 54.1 Å². The molecule has 1 saturated heterocycles. The van der Waals surface area contributed by atoms with Crippen LogP contribution in [0.25, 0.3) is 10.9 Å². The Labute approximate surface area is 187 Å². The van der Waals surface area contributed by atoms with Gasteiger partial charge in [0.25, 0.3) is 5.56 Å². The van der Waals surface area contributed by atoms with Crippen molar-refractivity contribution in [2.24, 2.45) is 5.92 Å². The minimum atomic E-state index is -0.301. The van der Waals surface area contributed by atoms with Gasteiger partial charge in [0.1, 0.15) is 6.04 Å². The highest BCUT2D eigenvalue weighted by molar-refractivity contribution is 5.82. The molecule has 1 aliphatic rings. The molecule has 0 aliphatic carbocycles. The number of nitrogens with zero attached hydrogens (tertiary/aromatic N) is 5. The van der Waals surface area contributed by atoms with E-state index in [1.165, 1.54) is 6.42 Å². The molecular weight excluding hydrogens is 400 g/mol. The summed E-state index contributed by atoms with van der Waals surface area (Å²) in [5.74, 6) is 1.27. The number of hydrogen-bond acceptors (Lipinski definition) is 5. The predicted octanol–water partition coefficient (Wildman–Crippen LogP) is 3.69. The van der Waals surface area contributed by atoms with E-state index in [0.717, 1.165) is 41.5 Å². The van der Waals surface area contributed by atoms with Crippen molar-refractivity contribution >= 4 is 10.9 Å². The van der Waals surface area contributed by atoms with Gasteiger partial charge in [0, 0.05) is 12.1 Å². The summed E-state index contributed by atoms with van der Waals surface area (Å²) in [6, 6.07) is 18.0. The molecule has 32 heavy (non-hydrogen) atoms. The number of tetrazole rings is 1. The van der Waals surface area contributed by atoms with Crippen LogP contribution >= 0.6 is 0 Å². The number of pyridine rings is 1. The van der Waals surface area contributed by atoms with Crippen LogP contribution < -0.4 is 5.56 Å². The summed E-state index contributed by atoms with van der Waals surface area (Å²) in [4.78, 5) is 18.9. The summed E-state index contributed by atoms with van der Waals surface area (Å²) in [5.41, 5.74) is 3.68. The maximum atomic E-state index is 13.4. The second-order valence-corrected chi connectivity index (χ2v) is 8.92. The summed E-state index contributed by atoms with van der Waals surface area (Å²) < 4.78 is 1.83. The molecule has 1 fully saturated rings. The number of nitrogens with one attached hydrogen (secondary N) is 1. The summed E-state index contributed by atoms with van der Waals surface area (Å²) in [6.45, 7) is 6.67. The summed E-state index contributed by atoms with van der Waals surface area (Å²) >= 11 is 0. The molecule has 2 atom stereocenters. The zero-order valence-electron chi connectivity index (χ0n) is 18.5. The van der Waals surface area contributed by atoms with E-state index in [-0.39, 0.29) is 11.6 Å². The lowest BCUT2D eigenvalue weighted by Crippen LogP contribution is -2.41. The minimum Gasteiger partial charge on any atom is -0.321 e. The fourth-order valence-electron chi connectivity index (χ4n) is 4.84. The van der Waals surface area contributed by atoms with E-state index in [0.29, 0.717) is 23.9 Å². The highest BCUT2D eigenvalue weighted by Crippen LogP contribution is 2.31. The molecule has 3 heterocycles. The van der Waals surface area contributed by atoms with Crippen molar-refractivity contribution in [3.63, 3.8) is 0 Å². The highest BCUT2D eigenvalue weighted by atomic mass is 16.1. The second-order valence-electron chi connectivity index (χ2n) is 8.92. The Hall–Kier alpha value is -3.32. The molecule has 0 amide bonds. The number of para-hydroxylation sites is 1. The molecule has 2 aromatic carbocycles. The second kappa shape index (κ2) is 8.67. The van der Waals surface area contributed by atoms with Crippen LogP contribution in [0.1, 0.15) is 48.3 Å². The SMILES string of the molecule is Cc1cccc2cc([C@H](c3nnnn3Cc3ccccc3)N3CCC[C@H](C)C3)c(=O)[nH]c12. The van der Waals surface area contributed by atoms with Gasteiger partial charge in [-0.1, -0.05) is 55.5 Å². The van der Waals surface area contributed by atoms with Crippen molar-refractivity contribution < 1.29 is 0 Å². The number of fused-ring (bicyclic) bond motifs is 1. The third kappa shape index (κ3) is 3.96. The van der Waals surface area contributed by atoms with E-state index >= 15 is 0 Å². The van der Waals surface area contributed by atoms with E-state index in [2.05, 4.69) is 44.5 Å². The predicted molar refractivity (Wildman–Crippen MR) is 124 cm³/mol. The molecule has 4 aromatic rings. The first-order chi connectivity index (χ1) is 15.6. The molecule has 0 unspecified atom stereocenters. The molecule has 7 heteroatoms. The lowest BCUT2D eigenvalue weighted by molar-refractivity contribution is 0.141. The smallest absolute Gasteiger partial charge is 0.253 e. The first-order valence-corrected chi connectivity index (χ1v) is 11.3. The number of piperidine rings is 1. The Balaban J connectivity index is 1.63. The van der Waals surface area contributed by atoms with Crippen molar-refractivity contribution in [3.05, 3.63) is 87.5 Å². The summed E-state index contributed by atoms with van der Waals surface area (Å²) in [6.07, 6.45) is 2.30. The van der Waals surface area contributed by atoms with E-state index in [4.69, 9.17) is 0 Å². The minimum absolute atomic E-state index is 0.0794. The largest absolute Gasteiger partial charge is 0.321 e. The number of hydrogen-bond donors (Lipinski definition) is 1. The van der Waals surface area contributed by atoms with Crippen molar-refractivity contribution in [1.29, 1.82) is 0 Å². The number of aromatic nitrogens is 5.